The van der Waals surface area contributed by atoms with Gasteiger partial charge in [-0.2, -0.15) is 0 Å². The zero-order chi connectivity index (χ0) is 10.3. The van der Waals surface area contributed by atoms with E-state index in [0.29, 0.717) is 25.7 Å². The van der Waals surface area contributed by atoms with Crippen LogP contribution < -0.4 is 0 Å². The normalized spacial score (nSPS) is 14.5. The standard InChI is InChI=1S/C8H16F2O3/c9-6-4-2-1-3-5-7(10)8(11,12)13/h7,11-13H,1-6H2. The molecule has 5 heteroatoms. The number of hydrogen-bond acceptors (Lipinski definition) is 3. The lowest BCUT2D eigenvalue weighted by Gasteiger charge is -2.18. The van der Waals surface area contributed by atoms with Crippen molar-refractivity contribution >= 4 is 0 Å². The van der Waals surface area contributed by atoms with Crippen molar-refractivity contribution in [3.05, 3.63) is 0 Å². The van der Waals surface area contributed by atoms with E-state index in [9.17, 15) is 8.78 Å². The highest BCUT2D eigenvalue weighted by molar-refractivity contribution is 4.63. The Hall–Kier alpha value is -0.260. The molecule has 0 aromatic carbocycles. The van der Waals surface area contributed by atoms with Crippen LogP contribution in [0.3, 0.4) is 0 Å². The van der Waals surface area contributed by atoms with E-state index >= 15 is 0 Å². The minimum Gasteiger partial charge on any atom is -0.341 e. The fourth-order valence-electron chi connectivity index (χ4n) is 0.965. The molecule has 0 aliphatic carbocycles. The summed E-state index contributed by atoms with van der Waals surface area (Å²) >= 11 is 0. The molecule has 0 rings (SSSR count). The highest BCUT2D eigenvalue weighted by Crippen LogP contribution is 2.15. The van der Waals surface area contributed by atoms with Gasteiger partial charge in [0.15, 0.2) is 6.17 Å². The summed E-state index contributed by atoms with van der Waals surface area (Å²) in [6.07, 6.45) is -0.0587. The van der Waals surface area contributed by atoms with Crippen molar-refractivity contribution in [1.82, 2.24) is 0 Å². The molecule has 0 bridgehead atoms. The summed E-state index contributed by atoms with van der Waals surface area (Å²) in [6, 6.07) is 0. The zero-order valence-electron chi connectivity index (χ0n) is 7.42. The molecule has 0 saturated carbocycles. The Morgan fingerprint density at radius 1 is 1.00 bits per heavy atom. The summed E-state index contributed by atoms with van der Waals surface area (Å²) < 4.78 is 24.2. The third kappa shape index (κ3) is 6.86. The van der Waals surface area contributed by atoms with Crippen LogP contribution in [-0.4, -0.2) is 34.1 Å². The largest absolute Gasteiger partial charge is 0.341 e. The monoisotopic (exact) mass is 198 g/mol. The van der Waals surface area contributed by atoms with E-state index in [4.69, 9.17) is 15.3 Å². The molecule has 0 heterocycles. The number of aliphatic hydroxyl groups is 3. The van der Waals surface area contributed by atoms with Crippen LogP contribution >= 0.6 is 0 Å². The van der Waals surface area contributed by atoms with Gasteiger partial charge in [0.05, 0.1) is 6.67 Å². The van der Waals surface area contributed by atoms with E-state index in [1.165, 1.54) is 0 Å². The summed E-state index contributed by atoms with van der Waals surface area (Å²) in [7, 11) is 0. The Morgan fingerprint density at radius 3 is 2.00 bits per heavy atom. The topological polar surface area (TPSA) is 60.7 Å². The van der Waals surface area contributed by atoms with Gasteiger partial charge < -0.3 is 15.3 Å². The van der Waals surface area contributed by atoms with Gasteiger partial charge in [0.2, 0.25) is 0 Å². The van der Waals surface area contributed by atoms with Crippen molar-refractivity contribution in [1.29, 1.82) is 0 Å². The fourth-order valence-corrected chi connectivity index (χ4v) is 0.965. The molecule has 0 amide bonds. The number of alkyl halides is 2. The highest BCUT2D eigenvalue weighted by atomic mass is 19.1. The van der Waals surface area contributed by atoms with Crippen LogP contribution in [0.5, 0.6) is 0 Å². The van der Waals surface area contributed by atoms with Crippen LogP contribution in [0.1, 0.15) is 32.1 Å². The molecule has 1 unspecified atom stereocenters. The van der Waals surface area contributed by atoms with Crippen LogP contribution in [0.2, 0.25) is 0 Å². The molecule has 0 aliphatic heterocycles. The van der Waals surface area contributed by atoms with Gasteiger partial charge in [-0.15, -0.1) is 0 Å². The Bertz CT molecular complexity index is 125. The first-order valence-corrected chi connectivity index (χ1v) is 4.35. The third-order valence-corrected chi connectivity index (χ3v) is 1.76. The molecule has 80 valence electrons. The molecule has 0 aromatic heterocycles. The minimum absolute atomic E-state index is 0.129. The van der Waals surface area contributed by atoms with Crippen molar-refractivity contribution in [2.24, 2.45) is 0 Å². The van der Waals surface area contributed by atoms with Crippen LogP contribution in [0, 0.1) is 0 Å². The predicted octanol–water partition coefficient (Wildman–Crippen LogP) is 0.875. The van der Waals surface area contributed by atoms with Gasteiger partial charge >= 0.3 is 5.97 Å². The molecule has 0 saturated heterocycles. The second kappa shape index (κ2) is 6.23. The lowest BCUT2D eigenvalue weighted by Crippen LogP contribution is -2.38. The van der Waals surface area contributed by atoms with Crippen molar-refractivity contribution in [2.45, 2.75) is 44.2 Å². The van der Waals surface area contributed by atoms with E-state index in [1.807, 2.05) is 0 Å². The molecule has 13 heavy (non-hydrogen) atoms. The molecule has 0 aromatic rings. The second-order valence-electron chi connectivity index (χ2n) is 3.05. The Balaban J connectivity index is 3.32. The van der Waals surface area contributed by atoms with Crippen molar-refractivity contribution < 1.29 is 24.1 Å². The lowest BCUT2D eigenvalue weighted by molar-refractivity contribution is -0.342. The van der Waals surface area contributed by atoms with Crippen molar-refractivity contribution in [3.63, 3.8) is 0 Å². The molecule has 0 aliphatic rings. The Kier molecular flexibility index (Phi) is 6.11. The van der Waals surface area contributed by atoms with Crippen LogP contribution in [-0.2, 0) is 0 Å². The Labute approximate surface area is 76.0 Å². The van der Waals surface area contributed by atoms with Gasteiger partial charge in [-0.25, -0.2) is 4.39 Å². The molecular weight excluding hydrogens is 182 g/mol. The van der Waals surface area contributed by atoms with Crippen LogP contribution in [0.25, 0.3) is 0 Å². The molecule has 0 spiro atoms. The predicted molar refractivity (Wildman–Crippen MR) is 43.3 cm³/mol. The van der Waals surface area contributed by atoms with Gasteiger partial charge in [0, 0.05) is 0 Å². The SMILES string of the molecule is OC(O)(O)C(F)CCCCCCF. The van der Waals surface area contributed by atoms with E-state index in [1.54, 1.807) is 0 Å². The molecule has 0 fully saturated rings. The first kappa shape index (κ1) is 12.7. The van der Waals surface area contributed by atoms with Crippen LogP contribution in [0.4, 0.5) is 8.78 Å². The van der Waals surface area contributed by atoms with E-state index in [2.05, 4.69) is 0 Å². The first-order valence-electron chi connectivity index (χ1n) is 4.35. The van der Waals surface area contributed by atoms with Gasteiger partial charge in [-0.05, 0) is 12.8 Å². The average Bonchev–Trinajstić information content (AvgIpc) is 2.02. The molecule has 1 atom stereocenters. The maximum atomic E-state index is 12.6. The number of rotatable bonds is 7. The quantitative estimate of drug-likeness (QED) is 0.420. The first-order chi connectivity index (χ1) is 5.98. The maximum absolute atomic E-state index is 12.6. The van der Waals surface area contributed by atoms with E-state index < -0.39 is 12.1 Å². The number of halogens is 2. The van der Waals surface area contributed by atoms with Gasteiger partial charge in [-0.3, -0.25) is 4.39 Å². The molecule has 3 nitrogen and oxygen atoms in total. The van der Waals surface area contributed by atoms with Gasteiger partial charge in [0.1, 0.15) is 0 Å². The summed E-state index contributed by atoms with van der Waals surface area (Å²) in [4.78, 5) is 0. The average molecular weight is 198 g/mol. The fraction of sp³-hybridized carbons (Fsp3) is 1.00. The highest BCUT2D eigenvalue weighted by Gasteiger charge is 2.31. The van der Waals surface area contributed by atoms with Gasteiger partial charge in [0.25, 0.3) is 0 Å². The summed E-state index contributed by atoms with van der Waals surface area (Å²) in [5.41, 5.74) is 0. The lowest BCUT2D eigenvalue weighted by atomic mass is 10.1. The Morgan fingerprint density at radius 2 is 1.54 bits per heavy atom. The number of hydrogen-bond donors (Lipinski definition) is 3. The third-order valence-electron chi connectivity index (χ3n) is 1.76. The summed E-state index contributed by atoms with van der Waals surface area (Å²) in [5, 5.41) is 25.1. The van der Waals surface area contributed by atoms with Gasteiger partial charge in [-0.1, -0.05) is 19.3 Å². The summed E-state index contributed by atoms with van der Waals surface area (Å²) in [5.74, 6) is -3.24. The smallest absolute Gasteiger partial charge is 0.308 e. The number of unbranched alkanes of at least 4 members (excludes halogenated alkanes) is 3. The summed E-state index contributed by atoms with van der Waals surface area (Å²) in [6.45, 7) is -0.386. The van der Waals surface area contributed by atoms with E-state index in [0.717, 1.165) is 0 Å². The zero-order valence-corrected chi connectivity index (χ0v) is 7.42. The van der Waals surface area contributed by atoms with Crippen molar-refractivity contribution in [3.8, 4) is 0 Å². The van der Waals surface area contributed by atoms with Crippen LogP contribution in [0.15, 0.2) is 0 Å². The molecule has 3 N–H and O–H groups in total. The second-order valence-corrected chi connectivity index (χ2v) is 3.05. The maximum Gasteiger partial charge on any atom is 0.308 e. The van der Waals surface area contributed by atoms with Crippen molar-refractivity contribution in [2.75, 3.05) is 6.67 Å². The molecular formula is C8H16F2O3. The molecule has 0 radical (unpaired) electrons. The minimum atomic E-state index is -3.24. The van der Waals surface area contributed by atoms with E-state index in [-0.39, 0.29) is 13.1 Å².